The highest BCUT2D eigenvalue weighted by molar-refractivity contribution is 7.80. The van der Waals surface area contributed by atoms with Crippen molar-refractivity contribution < 1.29 is 0 Å². The van der Waals surface area contributed by atoms with Crippen molar-refractivity contribution in [3.05, 3.63) is 22.4 Å². The van der Waals surface area contributed by atoms with Gasteiger partial charge in [-0.1, -0.05) is 25.1 Å². The molecule has 1 aromatic rings. The first-order valence-corrected chi connectivity index (χ1v) is 7.14. The highest BCUT2D eigenvalue weighted by Gasteiger charge is 2.22. The topological polar surface area (TPSA) is 29.3 Å². The van der Waals surface area contributed by atoms with Crippen molar-refractivity contribution in [1.82, 2.24) is 4.90 Å². The first-order valence-electron chi connectivity index (χ1n) is 5.79. The molecule has 1 aliphatic rings. The van der Waals surface area contributed by atoms with Crippen LogP contribution in [0.4, 0.5) is 0 Å². The second-order valence-electron chi connectivity index (χ2n) is 4.44. The Balaban J connectivity index is 1.98. The van der Waals surface area contributed by atoms with Crippen molar-refractivity contribution in [2.45, 2.75) is 38.3 Å². The van der Waals surface area contributed by atoms with Gasteiger partial charge in [-0.25, -0.2) is 0 Å². The largest absolute Gasteiger partial charge is 0.392 e. The third-order valence-corrected chi connectivity index (χ3v) is 4.03. The lowest BCUT2D eigenvalue weighted by molar-refractivity contribution is 0.219. The second-order valence-corrected chi connectivity index (χ2v) is 5.75. The lowest BCUT2D eigenvalue weighted by atomic mass is 10.2. The van der Waals surface area contributed by atoms with Gasteiger partial charge in [0.05, 0.1) is 4.99 Å². The van der Waals surface area contributed by atoms with Crippen LogP contribution >= 0.6 is 23.6 Å². The fraction of sp³-hybridized carbons (Fsp3) is 0.583. The zero-order valence-electron chi connectivity index (χ0n) is 9.39. The summed E-state index contributed by atoms with van der Waals surface area (Å²) in [6.45, 7) is 1.75. The maximum Gasteiger partial charge on any atom is 0.0870 e. The summed E-state index contributed by atoms with van der Waals surface area (Å²) < 4.78 is 0. The lowest BCUT2D eigenvalue weighted by Gasteiger charge is -2.27. The van der Waals surface area contributed by atoms with E-state index in [1.807, 2.05) is 0 Å². The van der Waals surface area contributed by atoms with Gasteiger partial charge in [-0.15, -0.1) is 0 Å². The Hall–Kier alpha value is -0.450. The van der Waals surface area contributed by atoms with Crippen molar-refractivity contribution >= 4 is 28.5 Å². The third-order valence-electron chi connectivity index (χ3n) is 3.17. The van der Waals surface area contributed by atoms with Gasteiger partial charge in [0.15, 0.2) is 0 Å². The van der Waals surface area contributed by atoms with Crippen LogP contribution in [0.1, 0.15) is 31.2 Å². The van der Waals surface area contributed by atoms with Gasteiger partial charge in [0.1, 0.15) is 0 Å². The van der Waals surface area contributed by atoms with E-state index in [1.165, 1.54) is 31.2 Å². The first kappa shape index (κ1) is 12.0. The molecule has 0 amide bonds. The van der Waals surface area contributed by atoms with Crippen molar-refractivity contribution in [3.8, 4) is 0 Å². The van der Waals surface area contributed by atoms with E-state index in [9.17, 15) is 0 Å². The molecule has 1 aliphatic carbocycles. The van der Waals surface area contributed by atoms with Crippen LogP contribution in [-0.4, -0.2) is 22.5 Å². The third kappa shape index (κ3) is 3.27. The minimum absolute atomic E-state index is 0.613. The molecule has 0 bridgehead atoms. The predicted molar refractivity (Wildman–Crippen MR) is 73.8 cm³/mol. The molecule has 0 atom stereocenters. The van der Waals surface area contributed by atoms with E-state index in [4.69, 9.17) is 18.0 Å². The number of nitrogens with zero attached hydrogens (tertiary/aromatic N) is 1. The highest BCUT2D eigenvalue weighted by atomic mass is 32.1. The average Bonchev–Trinajstić information content (AvgIpc) is 2.88. The van der Waals surface area contributed by atoms with Gasteiger partial charge in [-0.2, -0.15) is 11.3 Å². The maximum absolute atomic E-state index is 5.68. The van der Waals surface area contributed by atoms with Crippen molar-refractivity contribution in [2.24, 2.45) is 5.73 Å². The molecule has 4 heteroatoms. The van der Waals surface area contributed by atoms with Crippen LogP contribution < -0.4 is 5.73 Å². The average molecular weight is 254 g/mol. The van der Waals surface area contributed by atoms with Crippen LogP contribution in [0.5, 0.6) is 0 Å². The van der Waals surface area contributed by atoms with Crippen LogP contribution in [0.3, 0.4) is 0 Å². The molecular formula is C12H18N2S2. The molecule has 0 radical (unpaired) electrons. The monoisotopic (exact) mass is 254 g/mol. The predicted octanol–water partition coefficient (Wildman–Crippen LogP) is 2.78. The van der Waals surface area contributed by atoms with Gasteiger partial charge in [0.2, 0.25) is 0 Å². The Morgan fingerprint density at radius 1 is 1.50 bits per heavy atom. The molecule has 1 fully saturated rings. The van der Waals surface area contributed by atoms with Gasteiger partial charge < -0.3 is 5.73 Å². The summed E-state index contributed by atoms with van der Waals surface area (Å²) in [7, 11) is 0. The number of hydrogen-bond acceptors (Lipinski definition) is 3. The van der Waals surface area contributed by atoms with Crippen molar-refractivity contribution in [1.29, 1.82) is 0 Å². The fourth-order valence-electron chi connectivity index (χ4n) is 2.40. The molecular weight excluding hydrogens is 236 g/mol. The summed E-state index contributed by atoms with van der Waals surface area (Å²) in [5.74, 6) is 0. The Labute approximate surface area is 106 Å². The van der Waals surface area contributed by atoms with E-state index in [-0.39, 0.29) is 0 Å². The molecule has 2 nitrogen and oxygen atoms in total. The summed E-state index contributed by atoms with van der Waals surface area (Å²) >= 11 is 6.79. The number of hydrogen-bond donors (Lipinski definition) is 1. The number of rotatable bonds is 5. The molecule has 2 N–H and O–H groups in total. The van der Waals surface area contributed by atoms with Gasteiger partial charge in [-0.05, 0) is 35.2 Å². The summed E-state index contributed by atoms with van der Waals surface area (Å²) in [4.78, 5) is 3.05. The molecule has 0 unspecified atom stereocenters. The molecule has 0 aromatic carbocycles. The Morgan fingerprint density at radius 3 is 2.81 bits per heavy atom. The Bertz CT molecular complexity index is 329. The summed E-state index contributed by atoms with van der Waals surface area (Å²) in [6, 6.07) is 2.87. The molecule has 1 saturated carbocycles. The first-order chi connectivity index (χ1) is 7.75. The van der Waals surface area contributed by atoms with Gasteiger partial charge in [0.25, 0.3) is 0 Å². The minimum Gasteiger partial charge on any atom is -0.392 e. The molecule has 88 valence electrons. The van der Waals surface area contributed by atoms with Crippen LogP contribution in [0.2, 0.25) is 0 Å². The van der Waals surface area contributed by atoms with Crippen molar-refractivity contribution in [2.75, 3.05) is 6.54 Å². The molecule has 0 spiro atoms. The van der Waals surface area contributed by atoms with Gasteiger partial charge in [0, 0.05) is 19.1 Å². The van der Waals surface area contributed by atoms with Crippen LogP contribution in [-0.2, 0) is 6.54 Å². The van der Waals surface area contributed by atoms with Crippen LogP contribution in [0, 0.1) is 0 Å². The lowest BCUT2D eigenvalue weighted by Crippen LogP contribution is -2.38. The number of nitrogens with two attached hydrogens (primary N) is 1. The molecule has 0 saturated heterocycles. The second kappa shape index (κ2) is 5.75. The van der Waals surface area contributed by atoms with E-state index < -0.39 is 0 Å². The van der Waals surface area contributed by atoms with E-state index in [1.54, 1.807) is 11.3 Å². The fourth-order valence-corrected chi connectivity index (χ4v) is 3.23. The van der Waals surface area contributed by atoms with Crippen LogP contribution in [0.25, 0.3) is 0 Å². The Morgan fingerprint density at radius 2 is 2.25 bits per heavy atom. The Kier molecular flexibility index (Phi) is 4.32. The molecule has 0 aliphatic heterocycles. The zero-order valence-corrected chi connectivity index (χ0v) is 11.0. The summed E-state index contributed by atoms with van der Waals surface area (Å²) in [6.07, 6.45) is 5.30. The number of thiophene rings is 1. The summed E-state index contributed by atoms with van der Waals surface area (Å²) in [5.41, 5.74) is 7.06. The summed E-state index contributed by atoms with van der Waals surface area (Å²) in [5, 5.41) is 4.34. The number of thiocarbonyl (C=S) groups is 1. The molecule has 1 heterocycles. The zero-order chi connectivity index (χ0) is 11.4. The highest BCUT2D eigenvalue weighted by Crippen LogP contribution is 2.25. The van der Waals surface area contributed by atoms with Gasteiger partial charge in [-0.3, -0.25) is 4.90 Å². The standard InChI is InChI=1S/C12H18N2S2/c13-12(15)8-14(11-3-1-2-4-11)7-10-5-6-16-9-10/h5-6,9,11H,1-4,7-8H2,(H2,13,15). The van der Waals surface area contributed by atoms with Gasteiger partial charge >= 0.3 is 0 Å². The van der Waals surface area contributed by atoms with Crippen molar-refractivity contribution in [3.63, 3.8) is 0 Å². The minimum atomic E-state index is 0.613. The van der Waals surface area contributed by atoms with Crippen LogP contribution in [0.15, 0.2) is 16.8 Å². The van der Waals surface area contributed by atoms with E-state index in [0.29, 0.717) is 11.0 Å². The normalized spacial score (nSPS) is 17.1. The molecule has 2 rings (SSSR count). The smallest absolute Gasteiger partial charge is 0.0870 e. The molecule has 16 heavy (non-hydrogen) atoms. The van der Waals surface area contributed by atoms with E-state index in [2.05, 4.69) is 21.7 Å². The maximum atomic E-state index is 5.68. The molecule has 1 aromatic heterocycles. The quantitative estimate of drug-likeness (QED) is 0.819. The SMILES string of the molecule is NC(=S)CN(Cc1ccsc1)C1CCCC1. The van der Waals surface area contributed by atoms with E-state index in [0.717, 1.165) is 13.1 Å². The van der Waals surface area contributed by atoms with E-state index >= 15 is 0 Å².